The molecule has 0 bridgehead atoms. The van der Waals surface area contributed by atoms with Crippen LogP contribution in [0.25, 0.3) is 11.1 Å². The molecule has 0 saturated carbocycles. The molecule has 0 unspecified atom stereocenters. The topological polar surface area (TPSA) is 29.1 Å². The van der Waals surface area contributed by atoms with Crippen LogP contribution in [0.3, 0.4) is 0 Å². The van der Waals surface area contributed by atoms with Crippen molar-refractivity contribution in [3.63, 3.8) is 0 Å². The Morgan fingerprint density at radius 2 is 1.33 bits per heavy atom. The highest BCUT2D eigenvalue weighted by molar-refractivity contribution is 5.95. The van der Waals surface area contributed by atoms with E-state index in [1.165, 1.54) is 0 Å². The Morgan fingerprint density at radius 1 is 0.792 bits per heavy atom. The SMILES string of the molecule is CC[C@@H](NC(=O)c1ccc(-c2ccccc2)cc1)c1ccccc1. The molecule has 0 aromatic heterocycles. The fourth-order valence-corrected chi connectivity index (χ4v) is 2.79. The minimum atomic E-state index is -0.0367. The summed E-state index contributed by atoms with van der Waals surface area (Å²) in [7, 11) is 0. The summed E-state index contributed by atoms with van der Waals surface area (Å²) in [4.78, 5) is 12.5. The quantitative estimate of drug-likeness (QED) is 0.686. The lowest BCUT2D eigenvalue weighted by molar-refractivity contribution is 0.0935. The van der Waals surface area contributed by atoms with Crippen LogP contribution in [-0.2, 0) is 0 Å². The van der Waals surface area contributed by atoms with Crippen LogP contribution in [0.15, 0.2) is 84.9 Å². The van der Waals surface area contributed by atoms with Gasteiger partial charge in [0.2, 0.25) is 0 Å². The predicted octanol–water partition coefficient (Wildman–Crippen LogP) is 5.23. The van der Waals surface area contributed by atoms with E-state index in [-0.39, 0.29) is 11.9 Å². The number of hydrogen-bond acceptors (Lipinski definition) is 1. The molecule has 1 atom stereocenters. The lowest BCUT2D eigenvalue weighted by Gasteiger charge is -2.17. The Hall–Kier alpha value is -2.87. The first kappa shape index (κ1) is 16.0. The van der Waals surface area contributed by atoms with Crippen molar-refractivity contribution in [3.8, 4) is 11.1 Å². The van der Waals surface area contributed by atoms with Crippen molar-refractivity contribution in [2.24, 2.45) is 0 Å². The van der Waals surface area contributed by atoms with E-state index in [9.17, 15) is 4.79 Å². The summed E-state index contributed by atoms with van der Waals surface area (Å²) < 4.78 is 0. The van der Waals surface area contributed by atoms with Crippen molar-refractivity contribution >= 4 is 5.91 Å². The van der Waals surface area contributed by atoms with Crippen molar-refractivity contribution in [3.05, 3.63) is 96.1 Å². The van der Waals surface area contributed by atoms with Gasteiger partial charge in [-0.15, -0.1) is 0 Å². The third kappa shape index (κ3) is 3.72. The van der Waals surface area contributed by atoms with Crippen LogP contribution in [0.1, 0.15) is 35.3 Å². The number of amides is 1. The Balaban J connectivity index is 1.73. The minimum Gasteiger partial charge on any atom is -0.345 e. The molecule has 24 heavy (non-hydrogen) atoms. The van der Waals surface area contributed by atoms with Crippen molar-refractivity contribution in [2.45, 2.75) is 19.4 Å². The second kappa shape index (κ2) is 7.60. The van der Waals surface area contributed by atoms with Crippen molar-refractivity contribution in [1.29, 1.82) is 0 Å². The molecule has 0 aliphatic heterocycles. The molecular formula is C22H21NO. The lowest BCUT2D eigenvalue weighted by Crippen LogP contribution is -2.28. The van der Waals surface area contributed by atoms with E-state index in [4.69, 9.17) is 0 Å². The van der Waals surface area contributed by atoms with Crippen LogP contribution in [0, 0.1) is 0 Å². The van der Waals surface area contributed by atoms with Crippen LogP contribution in [0.5, 0.6) is 0 Å². The summed E-state index contributed by atoms with van der Waals surface area (Å²) in [5.74, 6) is -0.0367. The second-order valence-electron chi connectivity index (χ2n) is 5.79. The lowest BCUT2D eigenvalue weighted by atomic mass is 10.0. The fourth-order valence-electron chi connectivity index (χ4n) is 2.79. The fraction of sp³-hybridized carbons (Fsp3) is 0.136. The third-order valence-corrected chi connectivity index (χ3v) is 4.17. The molecule has 0 aliphatic rings. The zero-order chi connectivity index (χ0) is 16.8. The van der Waals surface area contributed by atoms with Crippen LogP contribution in [-0.4, -0.2) is 5.91 Å². The van der Waals surface area contributed by atoms with Gasteiger partial charge in [-0.25, -0.2) is 0 Å². The van der Waals surface area contributed by atoms with E-state index >= 15 is 0 Å². The molecule has 0 saturated heterocycles. The highest BCUT2D eigenvalue weighted by Gasteiger charge is 2.13. The molecule has 1 amide bonds. The average molecular weight is 315 g/mol. The first-order valence-corrected chi connectivity index (χ1v) is 8.29. The number of carbonyl (C=O) groups excluding carboxylic acids is 1. The summed E-state index contributed by atoms with van der Waals surface area (Å²) >= 11 is 0. The van der Waals surface area contributed by atoms with Crippen LogP contribution >= 0.6 is 0 Å². The molecular weight excluding hydrogens is 294 g/mol. The molecule has 3 aromatic carbocycles. The van der Waals surface area contributed by atoms with Crippen LogP contribution in [0.4, 0.5) is 0 Å². The molecule has 120 valence electrons. The zero-order valence-corrected chi connectivity index (χ0v) is 13.8. The molecule has 2 nitrogen and oxygen atoms in total. The van der Waals surface area contributed by atoms with Crippen LogP contribution < -0.4 is 5.32 Å². The number of benzene rings is 3. The first-order valence-electron chi connectivity index (χ1n) is 8.29. The van der Waals surface area contributed by atoms with Crippen LogP contribution in [0.2, 0.25) is 0 Å². The Labute approximate surface area is 143 Å². The maximum atomic E-state index is 12.5. The smallest absolute Gasteiger partial charge is 0.251 e. The number of carbonyl (C=O) groups is 1. The summed E-state index contributed by atoms with van der Waals surface area (Å²) in [6, 6.07) is 28.0. The molecule has 2 heteroatoms. The van der Waals surface area contributed by atoms with E-state index in [1.54, 1.807) is 0 Å². The van der Waals surface area contributed by atoms with Crippen molar-refractivity contribution in [1.82, 2.24) is 5.32 Å². The molecule has 0 aliphatic carbocycles. The van der Waals surface area contributed by atoms with E-state index < -0.39 is 0 Å². The van der Waals surface area contributed by atoms with E-state index in [0.717, 1.165) is 23.1 Å². The number of rotatable bonds is 5. The van der Waals surface area contributed by atoms with Gasteiger partial charge in [-0.05, 0) is 35.2 Å². The summed E-state index contributed by atoms with van der Waals surface area (Å²) in [6.07, 6.45) is 0.859. The Kier molecular flexibility index (Phi) is 5.07. The van der Waals surface area contributed by atoms with Gasteiger partial charge in [0.05, 0.1) is 6.04 Å². The van der Waals surface area contributed by atoms with Gasteiger partial charge < -0.3 is 5.32 Å². The maximum absolute atomic E-state index is 12.5. The van der Waals surface area contributed by atoms with Gasteiger partial charge in [-0.1, -0.05) is 79.7 Å². The minimum absolute atomic E-state index is 0.0347. The molecule has 0 fully saturated rings. The van der Waals surface area contributed by atoms with Crippen molar-refractivity contribution < 1.29 is 4.79 Å². The average Bonchev–Trinajstić information content (AvgIpc) is 2.67. The predicted molar refractivity (Wildman–Crippen MR) is 98.8 cm³/mol. The van der Waals surface area contributed by atoms with Gasteiger partial charge in [-0.3, -0.25) is 4.79 Å². The normalized spacial score (nSPS) is 11.7. The highest BCUT2D eigenvalue weighted by Crippen LogP contribution is 2.20. The molecule has 0 radical (unpaired) electrons. The van der Waals surface area contributed by atoms with Gasteiger partial charge in [-0.2, -0.15) is 0 Å². The third-order valence-electron chi connectivity index (χ3n) is 4.17. The Morgan fingerprint density at radius 3 is 1.92 bits per heavy atom. The summed E-state index contributed by atoms with van der Waals surface area (Å²) in [5.41, 5.74) is 4.08. The number of hydrogen-bond donors (Lipinski definition) is 1. The largest absolute Gasteiger partial charge is 0.345 e. The maximum Gasteiger partial charge on any atom is 0.251 e. The first-order chi connectivity index (χ1) is 11.8. The summed E-state index contributed by atoms with van der Waals surface area (Å²) in [5, 5.41) is 3.12. The molecule has 0 spiro atoms. The molecule has 1 N–H and O–H groups in total. The monoisotopic (exact) mass is 315 g/mol. The second-order valence-corrected chi connectivity index (χ2v) is 5.79. The van der Waals surface area contributed by atoms with Gasteiger partial charge in [0.1, 0.15) is 0 Å². The van der Waals surface area contributed by atoms with E-state index in [2.05, 4.69) is 24.4 Å². The van der Waals surface area contributed by atoms with Gasteiger partial charge in [0.25, 0.3) is 5.91 Å². The molecule has 3 rings (SSSR count). The summed E-state index contributed by atoms with van der Waals surface area (Å²) in [6.45, 7) is 2.08. The zero-order valence-electron chi connectivity index (χ0n) is 13.8. The van der Waals surface area contributed by atoms with Gasteiger partial charge in [0.15, 0.2) is 0 Å². The van der Waals surface area contributed by atoms with Crippen molar-refractivity contribution in [2.75, 3.05) is 0 Å². The molecule has 0 heterocycles. The standard InChI is InChI=1S/C22H21NO/c1-2-21(19-11-7-4-8-12-19)23-22(24)20-15-13-18(14-16-20)17-9-5-3-6-10-17/h3-16,21H,2H2,1H3,(H,23,24)/t21-/m1/s1. The molecule has 3 aromatic rings. The Bertz CT molecular complexity index is 779. The highest BCUT2D eigenvalue weighted by atomic mass is 16.1. The van der Waals surface area contributed by atoms with E-state index in [0.29, 0.717) is 5.56 Å². The van der Waals surface area contributed by atoms with Gasteiger partial charge >= 0.3 is 0 Å². The number of nitrogens with one attached hydrogen (secondary N) is 1. The van der Waals surface area contributed by atoms with E-state index in [1.807, 2.05) is 72.8 Å². The van der Waals surface area contributed by atoms with Gasteiger partial charge in [0, 0.05) is 5.56 Å².